The molecule has 0 aliphatic heterocycles. The smallest absolute Gasteiger partial charge is 0.0676 e. The Balaban J connectivity index is 2.86. The van der Waals surface area contributed by atoms with Crippen molar-refractivity contribution in [1.29, 1.82) is 0 Å². The summed E-state index contributed by atoms with van der Waals surface area (Å²) in [6, 6.07) is 10.7. The lowest BCUT2D eigenvalue weighted by Gasteiger charge is -2.49. The minimum atomic E-state index is 0.0400. The van der Waals surface area contributed by atoms with Gasteiger partial charge in [-0.1, -0.05) is 30.3 Å². The molecule has 1 aromatic rings. The van der Waals surface area contributed by atoms with E-state index >= 15 is 0 Å². The van der Waals surface area contributed by atoms with Gasteiger partial charge in [-0.3, -0.25) is 9.80 Å². The fourth-order valence-electron chi connectivity index (χ4n) is 2.25. The summed E-state index contributed by atoms with van der Waals surface area (Å²) >= 11 is 0. The van der Waals surface area contributed by atoms with Crippen LogP contribution in [0.4, 0.5) is 0 Å². The van der Waals surface area contributed by atoms with E-state index in [1.54, 1.807) is 0 Å². The van der Waals surface area contributed by atoms with Gasteiger partial charge in [0, 0.05) is 5.54 Å². The molecule has 0 heterocycles. The second-order valence-corrected chi connectivity index (χ2v) is 6.42. The van der Waals surface area contributed by atoms with Crippen LogP contribution in [0.2, 0.25) is 0 Å². The molecule has 0 saturated carbocycles. The van der Waals surface area contributed by atoms with E-state index in [-0.39, 0.29) is 11.2 Å². The largest absolute Gasteiger partial charge is 0.292 e. The van der Waals surface area contributed by atoms with E-state index in [0.29, 0.717) is 0 Å². The summed E-state index contributed by atoms with van der Waals surface area (Å²) in [5.74, 6) is 0. The molecular weight excluding hydrogens is 220 g/mol. The van der Waals surface area contributed by atoms with Crippen LogP contribution in [0.15, 0.2) is 30.3 Å². The zero-order valence-corrected chi connectivity index (χ0v) is 13.0. The fourth-order valence-corrected chi connectivity index (χ4v) is 2.25. The summed E-state index contributed by atoms with van der Waals surface area (Å²) in [6.07, 6.45) is 1.06. The van der Waals surface area contributed by atoms with Gasteiger partial charge in [-0.05, 0) is 60.8 Å². The molecule has 0 aliphatic rings. The number of benzene rings is 1. The first-order valence-electron chi connectivity index (χ1n) is 6.63. The maximum absolute atomic E-state index is 2.45. The Morgan fingerprint density at radius 3 is 1.83 bits per heavy atom. The first-order valence-corrected chi connectivity index (χ1v) is 6.63. The Morgan fingerprint density at radius 1 is 0.889 bits per heavy atom. The van der Waals surface area contributed by atoms with Crippen LogP contribution in [0.1, 0.15) is 33.3 Å². The van der Waals surface area contributed by atoms with Gasteiger partial charge in [0.2, 0.25) is 0 Å². The highest BCUT2D eigenvalue weighted by atomic mass is 15.4. The molecule has 102 valence electrons. The monoisotopic (exact) mass is 248 g/mol. The maximum atomic E-state index is 2.45. The SMILES string of the molecule is CN(C)C(C)(C)N(C)C(C)(C)Cc1ccccc1. The van der Waals surface area contributed by atoms with E-state index < -0.39 is 0 Å². The van der Waals surface area contributed by atoms with Gasteiger partial charge in [0.05, 0.1) is 5.66 Å². The molecule has 0 saturated heterocycles. The second-order valence-electron chi connectivity index (χ2n) is 6.42. The molecule has 0 amide bonds. The molecule has 1 aromatic carbocycles. The molecule has 2 heteroatoms. The van der Waals surface area contributed by atoms with Crippen molar-refractivity contribution in [1.82, 2.24) is 9.80 Å². The number of nitrogens with zero attached hydrogens (tertiary/aromatic N) is 2. The van der Waals surface area contributed by atoms with Crippen LogP contribution in [0.25, 0.3) is 0 Å². The topological polar surface area (TPSA) is 6.48 Å². The average Bonchev–Trinajstić information content (AvgIpc) is 2.28. The third-order valence-corrected chi connectivity index (χ3v) is 4.30. The Bertz CT molecular complexity index is 366. The van der Waals surface area contributed by atoms with E-state index in [1.807, 2.05) is 0 Å². The predicted octanol–water partition coefficient (Wildman–Crippen LogP) is 3.24. The average molecular weight is 248 g/mol. The number of hydrogen-bond acceptors (Lipinski definition) is 2. The van der Waals surface area contributed by atoms with Crippen LogP contribution >= 0.6 is 0 Å². The Morgan fingerprint density at radius 2 is 1.39 bits per heavy atom. The molecule has 0 atom stereocenters. The quantitative estimate of drug-likeness (QED) is 0.738. The van der Waals surface area contributed by atoms with Crippen LogP contribution in [0.5, 0.6) is 0 Å². The van der Waals surface area contributed by atoms with E-state index in [2.05, 4.69) is 89.0 Å². The van der Waals surface area contributed by atoms with Crippen molar-refractivity contribution in [3.8, 4) is 0 Å². The summed E-state index contributed by atoms with van der Waals surface area (Å²) in [4.78, 5) is 4.72. The number of rotatable bonds is 5. The van der Waals surface area contributed by atoms with Crippen molar-refractivity contribution in [2.24, 2.45) is 0 Å². The van der Waals surface area contributed by atoms with Gasteiger partial charge in [-0.15, -0.1) is 0 Å². The molecule has 0 radical (unpaired) electrons. The maximum Gasteiger partial charge on any atom is 0.0676 e. The summed E-state index contributed by atoms with van der Waals surface area (Å²) in [5.41, 5.74) is 1.55. The van der Waals surface area contributed by atoms with Crippen LogP contribution < -0.4 is 0 Å². The fraction of sp³-hybridized carbons (Fsp3) is 0.625. The van der Waals surface area contributed by atoms with Gasteiger partial charge >= 0.3 is 0 Å². The normalized spacial score (nSPS) is 13.4. The minimum Gasteiger partial charge on any atom is -0.292 e. The van der Waals surface area contributed by atoms with Gasteiger partial charge in [0.25, 0.3) is 0 Å². The standard InChI is InChI=1S/C16H28N2/c1-15(2,13-14-11-9-8-10-12-14)18(7)16(3,4)17(5)6/h8-12H,13H2,1-7H3. The number of likely N-dealkylation sites (N-methyl/N-ethyl adjacent to an activating group) is 1. The van der Waals surface area contributed by atoms with Gasteiger partial charge < -0.3 is 0 Å². The molecule has 1 rings (SSSR count). The van der Waals surface area contributed by atoms with E-state index in [0.717, 1.165) is 6.42 Å². The molecule has 18 heavy (non-hydrogen) atoms. The van der Waals surface area contributed by atoms with Crippen molar-refractivity contribution in [3.05, 3.63) is 35.9 Å². The molecule has 0 fully saturated rings. The van der Waals surface area contributed by atoms with E-state index in [4.69, 9.17) is 0 Å². The van der Waals surface area contributed by atoms with Gasteiger partial charge in [0.15, 0.2) is 0 Å². The highest BCUT2D eigenvalue weighted by molar-refractivity contribution is 5.17. The molecule has 0 aliphatic carbocycles. The van der Waals surface area contributed by atoms with Crippen molar-refractivity contribution >= 4 is 0 Å². The Kier molecular flexibility index (Phi) is 4.57. The molecular formula is C16H28N2. The first-order chi connectivity index (χ1) is 8.18. The first kappa shape index (κ1) is 15.2. The zero-order chi connectivity index (χ0) is 14.0. The van der Waals surface area contributed by atoms with Crippen LogP contribution in [-0.2, 0) is 6.42 Å². The van der Waals surface area contributed by atoms with E-state index in [9.17, 15) is 0 Å². The van der Waals surface area contributed by atoms with E-state index in [1.165, 1.54) is 5.56 Å². The zero-order valence-electron chi connectivity index (χ0n) is 13.0. The van der Waals surface area contributed by atoms with Crippen molar-refractivity contribution in [2.45, 2.75) is 45.3 Å². The third-order valence-electron chi connectivity index (χ3n) is 4.30. The van der Waals surface area contributed by atoms with Crippen molar-refractivity contribution < 1.29 is 0 Å². The molecule has 0 N–H and O–H groups in total. The summed E-state index contributed by atoms with van der Waals surface area (Å²) in [6.45, 7) is 9.15. The molecule has 0 aromatic heterocycles. The number of hydrogen-bond donors (Lipinski definition) is 0. The molecule has 0 spiro atoms. The highest BCUT2D eigenvalue weighted by Crippen LogP contribution is 2.27. The van der Waals surface area contributed by atoms with Crippen LogP contribution in [-0.4, -0.2) is 42.1 Å². The van der Waals surface area contributed by atoms with Crippen LogP contribution in [0, 0.1) is 0 Å². The lowest BCUT2D eigenvalue weighted by atomic mass is 9.91. The summed E-state index contributed by atoms with van der Waals surface area (Å²) in [7, 11) is 6.48. The summed E-state index contributed by atoms with van der Waals surface area (Å²) in [5, 5.41) is 0. The highest BCUT2D eigenvalue weighted by Gasteiger charge is 2.36. The Labute approximate surface area is 113 Å². The van der Waals surface area contributed by atoms with Crippen molar-refractivity contribution in [2.75, 3.05) is 21.1 Å². The molecule has 0 bridgehead atoms. The lowest BCUT2D eigenvalue weighted by Crippen LogP contribution is -2.60. The predicted molar refractivity (Wildman–Crippen MR) is 79.8 cm³/mol. The van der Waals surface area contributed by atoms with Crippen LogP contribution in [0.3, 0.4) is 0 Å². The van der Waals surface area contributed by atoms with Crippen molar-refractivity contribution in [3.63, 3.8) is 0 Å². The Hall–Kier alpha value is -0.860. The lowest BCUT2D eigenvalue weighted by molar-refractivity contribution is -0.0445. The van der Waals surface area contributed by atoms with Gasteiger partial charge in [0.1, 0.15) is 0 Å². The molecule has 2 nitrogen and oxygen atoms in total. The molecule has 0 unspecified atom stereocenters. The second kappa shape index (κ2) is 5.41. The van der Waals surface area contributed by atoms with Gasteiger partial charge in [-0.25, -0.2) is 0 Å². The van der Waals surface area contributed by atoms with Gasteiger partial charge in [-0.2, -0.15) is 0 Å². The summed E-state index contributed by atoms with van der Waals surface area (Å²) < 4.78 is 0. The third kappa shape index (κ3) is 3.33. The minimum absolute atomic E-state index is 0.0400.